The number of hydrogen-bond donors (Lipinski definition) is 3. The average Bonchev–Trinajstić information content (AvgIpc) is 2.44. The fraction of sp³-hybridized carbons (Fsp3) is 0.583. The first kappa shape index (κ1) is 16.7. The van der Waals surface area contributed by atoms with Gasteiger partial charge < -0.3 is 20.3 Å². The van der Waals surface area contributed by atoms with Crippen LogP contribution in [0.1, 0.15) is 23.0 Å². The number of aliphatic hydroxyl groups excluding tert-OH is 2. The lowest BCUT2D eigenvalue weighted by molar-refractivity contribution is 0.0525. The molecule has 0 aliphatic carbocycles. The van der Waals surface area contributed by atoms with Crippen LogP contribution in [0.3, 0.4) is 0 Å². The Hall–Kier alpha value is -1.38. The number of aromatic nitrogens is 2. The molecule has 0 radical (unpaired) electrons. The lowest BCUT2D eigenvalue weighted by Gasteiger charge is -2.18. The van der Waals surface area contributed by atoms with E-state index in [1.165, 1.54) is 11.8 Å². The molecule has 0 unspecified atom stereocenters. The number of nitrogens with zero attached hydrogens (tertiary/aromatic N) is 2. The SMILES string of the molecule is CCOC(=O)c1c(C)nc(SC)nc1NC(CO)CO. The van der Waals surface area contributed by atoms with Crippen LogP contribution in [0.25, 0.3) is 0 Å². The number of aryl methyl sites for hydroxylation is 1. The molecule has 0 aliphatic rings. The summed E-state index contributed by atoms with van der Waals surface area (Å²) in [4.78, 5) is 20.4. The highest BCUT2D eigenvalue weighted by atomic mass is 32.2. The molecule has 0 saturated carbocycles. The standard InChI is InChI=1S/C12H19N3O4S/c1-4-19-11(18)9-7(2)13-12(20-3)15-10(9)14-8(5-16)6-17/h8,16-17H,4-6H2,1-3H3,(H,13,14,15). The van der Waals surface area contributed by atoms with E-state index in [0.29, 0.717) is 10.9 Å². The van der Waals surface area contributed by atoms with Crippen molar-refractivity contribution in [3.8, 4) is 0 Å². The van der Waals surface area contributed by atoms with E-state index in [9.17, 15) is 4.79 Å². The van der Waals surface area contributed by atoms with Crippen LogP contribution < -0.4 is 5.32 Å². The minimum atomic E-state index is -0.604. The lowest BCUT2D eigenvalue weighted by atomic mass is 10.2. The summed E-state index contributed by atoms with van der Waals surface area (Å²) in [5, 5.41) is 21.6. The zero-order valence-electron chi connectivity index (χ0n) is 11.7. The minimum absolute atomic E-state index is 0.219. The number of hydrogen-bond acceptors (Lipinski definition) is 8. The molecule has 0 amide bonds. The van der Waals surface area contributed by atoms with Gasteiger partial charge in [-0.3, -0.25) is 0 Å². The second-order valence-electron chi connectivity index (χ2n) is 3.95. The molecule has 20 heavy (non-hydrogen) atoms. The first-order chi connectivity index (χ1) is 9.57. The molecule has 0 aromatic carbocycles. The van der Waals surface area contributed by atoms with Gasteiger partial charge in [-0.2, -0.15) is 0 Å². The summed E-state index contributed by atoms with van der Waals surface area (Å²) in [6.45, 7) is 3.08. The number of thioether (sulfide) groups is 1. The van der Waals surface area contributed by atoms with Crippen molar-refractivity contribution in [3.63, 3.8) is 0 Å². The number of nitrogens with one attached hydrogen (secondary N) is 1. The van der Waals surface area contributed by atoms with Crippen LogP contribution >= 0.6 is 11.8 Å². The average molecular weight is 301 g/mol. The second-order valence-corrected chi connectivity index (χ2v) is 4.72. The summed E-state index contributed by atoms with van der Waals surface area (Å²) in [5.74, 6) is -0.275. The van der Waals surface area contributed by atoms with Crippen LogP contribution in [-0.2, 0) is 4.74 Å². The maximum atomic E-state index is 12.0. The maximum Gasteiger partial charge on any atom is 0.343 e. The predicted molar refractivity (Wildman–Crippen MR) is 76.1 cm³/mol. The van der Waals surface area contributed by atoms with Gasteiger partial charge in [-0.25, -0.2) is 14.8 Å². The Kier molecular flexibility index (Phi) is 6.69. The fourth-order valence-electron chi connectivity index (χ4n) is 1.53. The van der Waals surface area contributed by atoms with Crippen molar-refractivity contribution in [2.45, 2.75) is 25.0 Å². The summed E-state index contributed by atoms with van der Waals surface area (Å²) < 4.78 is 4.98. The quantitative estimate of drug-likeness (QED) is 0.379. The molecule has 0 bridgehead atoms. The molecule has 7 nitrogen and oxygen atoms in total. The van der Waals surface area contributed by atoms with Crippen LogP contribution in [0, 0.1) is 6.92 Å². The number of carbonyl (C=O) groups excluding carboxylic acids is 1. The summed E-state index contributed by atoms with van der Waals surface area (Å²) in [6, 6.07) is -0.604. The highest BCUT2D eigenvalue weighted by Crippen LogP contribution is 2.22. The molecule has 1 rings (SSSR count). The number of ether oxygens (including phenoxy) is 1. The first-order valence-electron chi connectivity index (χ1n) is 6.15. The molecule has 0 atom stereocenters. The van der Waals surface area contributed by atoms with Crippen LogP contribution in [0.2, 0.25) is 0 Å². The van der Waals surface area contributed by atoms with E-state index in [1.54, 1.807) is 13.8 Å². The Morgan fingerprint density at radius 3 is 2.55 bits per heavy atom. The number of anilines is 1. The van der Waals surface area contributed by atoms with Crippen LogP contribution in [0.5, 0.6) is 0 Å². The Morgan fingerprint density at radius 1 is 1.40 bits per heavy atom. The monoisotopic (exact) mass is 301 g/mol. The zero-order valence-corrected chi connectivity index (χ0v) is 12.5. The molecule has 0 aliphatic heterocycles. The van der Waals surface area contributed by atoms with Crippen molar-refractivity contribution in [2.75, 3.05) is 31.4 Å². The van der Waals surface area contributed by atoms with Gasteiger partial charge in [0.2, 0.25) is 0 Å². The fourth-order valence-corrected chi connectivity index (χ4v) is 1.94. The van der Waals surface area contributed by atoms with Gasteiger partial charge in [0.05, 0.1) is 31.6 Å². The topological polar surface area (TPSA) is 105 Å². The van der Waals surface area contributed by atoms with Gasteiger partial charge in [-0.1, -0.05) is 11.8 Å². The van der Waals surface area contributed by atoms with E-state index in [2.05, 4.69) is 15.3 Å². The summed E-state index contributed by atoms with van der Waals surface area (Å²) in [7, 11) is 0. The van der Waals surface area contributed by atoms with Gasteiger partial charge in [0.15, 0.2) is 5.16 Å². The van der Waals surface area contributed by atoms with Gasteiger partial charge in [0.25, 0.3) is 0 Å². The Balaban J connectivity index is 3.21. The highest BCUT2D eigenvalue weighted by Gasteiger charge is 2.21. The van der Waals surface area contributed by atoms with Gasteiger partial charge in [-0.05, 0) is 20.1 Å². The highest BCUT2D eigenvalue weighted by molar-refractivity contribution is 7.98. The molecule has 3 N–H and O–H groups in total. The van der Waals surface area contributed by atoms with E-state index >= 15 is 0 Å². The van der Waals surface area contributed by atoms with Gasteiger partial charge >= 0.3 is 5.97 Å². The third-order valence-electron chi connectivity index (χ3n) is 2.51. The van der Waals surface area contributed by atoms with Crippen molar-refractivity contribution in [3.05, 3.63) is 11.3 Å². The summed E-state index contributed by atoms with van der Waals surface area (Å²) >= 11 is 1.33. The molecule has 112 valence electrons. The van der Waals surface area contributed by atoms with E-state index in [1.807, 2.05) is 6.26 Å². The molecule has 0 spiro atoms. The lowest BCUT2D eigenvalue weighted by Crippen LogP contribution is -2.30. The molecule has 0 fully saturated rings. The summed E-state index contributed by atoms with van der Waals surface area (Å²) in [5.41, 5.74) is 0.705. The third-order valence-corrected chi connectivity index (χ3v) is 3.06. The zero-order chi connectivity index (χ0) is 15.1. The molecular formula is C12H19N3O4S. The third kappa shape index (κ3) is 4.06. The molecular weight excluding hydrogens is 282 g/mol. The Morgan fingerprint density at radius 2 is 2.05 bits per heavy atom. The number of aliphatic hydroxyl groups is 2. The number of carbonyl (C=O) groups is 1. The second kappa shape index (κ2) is 8.03. The first-order valence-corrected chi connectivity index (χ1v) is 7.37. The van der Waals surface area contributed by atoms with E-state index in [0.717, 1.165) is 0 Å². The molecule has 1 aromatic heterocycles. The largest absolute Gasteiger partial charge is 0.462 e. The molecule has 0 saturated heterocycles. The normalized spacial score (nSPS) is 10.7. The van der Waals surface area contributed by atoms with E-state index < -0.39 is 12.0 Å². The van der Waals surface area contributed by atoms with Gasteiger partial charge in [0.1, 0.15) is 11.4 Å². The Bertz CT molecular complexity index is 466. The van der Waals surface area contributed by atoms with E-state index in [-0.39, 0.29) is 31.2 Å². The van der Waals surface area contributed by atoms with E-state index in [4.69, 9.17) is 14.9 Å². The molecule has 1 aromatic rings. The summed E-state index contributed by atoms with van der Waals surface area (Å²) in [6.07, 6.45) is 1.82. The number of rotatable bonds is 7. The minimum Gasteiger partial charge on any atom is -0.462 e. The maximum absolute atomic E-state index is 12.0. The van der Waals surface area contributed by atoms with Crippen LogP contribution in [0.15, 0.2) is 5.16 Å². The van der Waals surface area contributed by atoms with Crippen molar-refractivity contribution < 1.29 is 19.7 Å². The molecule has 8 heteroatoms. The molecule has 1 heterocycles. The van der Waals surface area contributed by atoms with Crippen molar-refractivity contribution in [1.29, 1.82) is 0 Å². The van der Waals surface area contributed by atoms with Crippen LogP contribution in [-0.4, -0.2) is 58.3 Å². The Labute approximate surface area is 121 Å². The van der Waals surface area contributed by atoms with Crippen molar-refractivity contribution in [1.82, 2.24) is 9.97 Å². The van der Waals surface area contributed by atoms with Crippen LogP contribution in [0.4, 0.5) is 5.82 Å². The van der Waals surface area contributed by atoms with Gasteiger partial charge in [0, 0.05) is 0 Å². The van der Waals surface area contributed by atoms with Crippen molar-refractivity contribution in [2.24, 2.45) is 0 Å². The van der Waals surface area contributed by atoms with Crippen molar-refractivity contribution >= 4 is 23.5 Å². The predicted octanol–water partition coefficient (Wildman–Crippen LogP) is 0.449. The van der Waals surface area contributed by atoms with Gasteiger partial charge in [-0.15, -0.1) is 0 Å². The smallest absolute Gasteiger partial charge is 0.343 e. The number of esters is 1.